The van der Waals surface area contributed by atoms with Gasteiger partial charge in [-0.3, -0.25) is 0 Å². The molecule has 0 aromatic carbocycles. The summed E-state index contributed by atoms with van der Waals surface area (Å²) in [5, 5.41) is 0. The molecule has 1 rings (SSSR count). The highest BCUT2D eigenvalue weighted by molar-refractivity contribution is 6.11. The quantitative estimate of drug-likeness (QED) is 0.663. The summed E-state index contributed by atoms with van der Waals surface area (Å²) in [6.07, 6.45) is 1.61. The molecule has 1 fully saturated rings. The van der Waals surface area contributed by atoms with Crippen LogP contribution >= 0.6 is 0 Å². The first-order valence-corrected chi connectivity index (χ1v) is 6.03. The highest BCUT2D eigenvalue weighted by Crippen LogP contribution is 2.35. The molecule has 1 heterocycles. The third kappa shape index (κ3) is 2.98. The fourth-order valence-corrected chi connectivity index (χ4v) is 2.35. The van der Waals surface area contributed by atoms with Crippen molar-refractivity contribution < 1.29 is 9.47 Å². The van der Waals surface area contributed by atoms with Crippen molar-refractivity contribution in [2.24, 2.45) is 11.8 Å². The summed E-state index contributed by atoms with van der Waals surface area (Å²) < 4.78 is 11.6. The maximum absolute atomic E-state index is 6.01. The van der Waals surface area contributed by atoms with Gasteiger partial charge in [-0.2, -0.15) is 0 Å². The lowest BCUT2D eigenvalue weighted by Crippen LogP contribution is -2.35. The molecule has 15 heavy (non-hydrogen) atoms. The molecule has 1 aliphatic rings. The van der Waals surface area contributed by atoms with Crippen LogP contribution in [0.1, 0.15) is 41.0 Å². The SMILES string of the molecule is [B]C1OC(C)C(OC(C)C)C1C(C)CC. The number of rotatable bonds is 4. The van der Waals surface area contributed by atoms with Crippen molar-refractivity contribution in [3.05, 3.63) is 0 Å². The molecule has 3 heteroatoms. The molecule has 0 aliphatic carbocycles. The van der Waals surface area contributed by atoms with Crippen molar-refractivity contribution in [3.63, 3.8) is 0 Å². The predicted octanol–water partition coefficient (Wildman–Crippen LogP) is 2.36. The Morgan fingerprint density at radius 2 is 1.93 bits per heavy atom. The highest BCUT2D eigenvalue weighted by Gasteiger charge is 2.42. The molecule has 5 unspecified atom stereocenters. The van der Waals surface area contributed by atoms with Gasteiger partial charge in [-0.15, -0.1) is 0 Å². The third-order valence-electron chi connectivity index (χ3n) is 3.32. The van der Waals surface area contributed by atoms with E-state index in [0.717, 1.165) is 6.42 Å². The lowest BCUT2D eigenvalue weighted by molar-refractivity contribution is -0.0485. The van der Waals surface area contributed by atoms with Crippen molar-refractivity contribution in [1.29, 1.82) is 0 Å². The Bertz CT molecular complexity index is 192. The topological polar surface area (TPSA) is 18.5 Å². The molecular formula is C12H23BO2. The monoisotopic (exact) mass is 210 g/mol. The molecule has 2 nitrogen and oxygen atoms in total. The first-order chi connectivity index (χ1) is 6.97. The molecule has 1 aliphatic heterocycles. The first kappa shape index (κ1) is 13.1. The fourth-order valence-electron chi connectivity index (χ4n) is 2.35. The van der Waals surface area contributed by atoms with Gasteiger partial charge in [0.15, 0.2) is 0 Å². The third-order valence-corrected chi connectivity index (χ3v) is 3.32. The summed E-state index contributed by atoms with van der Waals surface area (Å²) in [5.41, 5.74) is 0. The fraction of sp³-hybridized carbons (Fsp3) is 1.00. The minimum Gasteiger partial charge on any atom is -0.382 e. The van der Waals surface area contributed by atoms with E-state index in [1.807, 2.05) is 0 Å². The minimum atomic E-state index is -0.168. The smallest absolute Gasteiger partial charge is 0.109 e. The average molecular weight is 210 g/mol. The van der Waals surface area contributed by atoms with Crippen molar-refractivity contribution in [1.82, 2.24) is 0 Å². The molecule has 0 aromatic heterocycles. The van der Waals surface area contributed by atoms with Crippen LogP contribution in [0.2, 0.25) is 0 Å². The second kappa shape index (κ2) is 5.35. The van der Waals surface area contributed by atoms with Gasteiger partial charge in [-0.05, 0) is 26.7 Å². The minimum absolute atomic E-state index is 0.112. The van der Waals surface area contributed by atoms with Crippen molar-refractivity contribution in [2.75, 3.05) is 0 Å². The zero-order chi connectivity index (χ0) is 11.6. The molecule has 0 spiro atoms. The second-order valence-corrected chi connectivity index (χ2v) is 4.92. The first-order valence-electron chi connectivity index (χ1n) is 6.03. The van der Waals surface area contributed by atoms with Crippen molar-refractivity contribution in [3.8, 4) is 0 Å². The van der Waals surface area contributed by atoms with E-state index in [1.165, 1.54) is 0 Å². The van der Waals surface area contributed by atoms with Gasteiger partial charge >= 0.3 is 0 Å². The molecular weight excluding hydrogens is 187 g/mol. The van der Waals surface area contributed by atoms with Crippen LogP contribution in [-0.2, 0) is 9.47 Å². The summed E-state index contributed by atoms with van der Waals surface area (Å²) in [6.45, 7) is 10.6. The van der Waals surface area contributed by atoms with Gasteiger partial charge in [0.1, 0.15) is 7.85 Å². The Labute approximate surface area is 95.1 Å². The van der Waals surface area contributed by atoms with E-state index in [9.17, 15) is 0 Å². The Kier molecular flexibility index (Phi) is 4.66. The standard InChI is InChI=1S/C12H23BO2/c1-6-8(4)10-11(14-7(2)3)9(5)15-12(10)13/h7-12H,6H2,1-5H3. The van der Waals surface area contributed by atoms with Gasteiger partial charge in [0.05, 0.1) is 18.3 Å². The van der Waals surface area contributed by atoms with E-state index >= 15 is 0 Å². The molecule has 86 valence electrons. The predicted molar refractivity (Wildman–Crippen MR) is 63.0 cm³/mol. The van der Waals surface area contributed by atoms with E-state index in [1.54, 1.807) is 0 Å². The van der Waals surface area contributed by atoms with Crippen LogP contribution in [0.3, 0.4) is 0 Å². The molecule has 2 radical (unpaired) electrons. The molecule has 0 aromatic rings. The van der Waals surface area contributed by atoms with Gasteiger partial charge in [-0.25, -0.2) is 0 Å². The molecule has 0 amide bonds. The van der Waals surface area contributed by atoms with E-state index in [-0.39, 0.29) is 24.3 Å². The van der Waals surface area contributed by atoms with E-state index in [2.05, 4.69) is 34.6 Å². The van der Waals surface area contributed by atoms with Gasteiger partial charge in [-0.1, -0.05) is 20.3 Å². The molecule has 1 saturated heterocycles. The Morgan fingerprint density at radius 1 is 1.33 bits per heavy atom. The van der Waals surface area contributed by atoms with Crippen LogP contribution < -0.4 is 0 Å². The van der Waals surface area contributed by atoms with Crippen LogP contribution in [0.5, 0.6) is 0 Å². The van der Waals surface area contributed by atoms with Crippen molar-refractivity contribution in [2.45, 2.75) is 65.4 Å². The molecule has 5 atom stereocenters. The van der Waals surface area contributed by atoms with E-state index < -0.39 is 0 Å². The Hall–Kier alpha value is -0.0151. The average Bonchev–Trinajstić information content (AvgIpc) is 2.40. The summed E-state index contributed by atoms with van der Waals surface area (Å²) >= 11 is 0. The Balaban J connectivity index is 2.70. The molecule has 0 saturated carbocycles. The van der Waals surface area contributed by atoms with Crippen molar-refractivity contribution >= 4 is 7.85 Å². The number of hydrogen-bond acceptors (Lipinski definition) is 2. The van der Waals surface area contributed by atoms with E-state index in [0.29, 0.717) is 11.8 Å². The summed E-state index contributed by atoms with van der Waals surface area (Å²) in [4.78, 5) is 0. The number of ether oxygens (including phenoxy) is 2. The largest absolute Gasteiger partial charge is 0.382 e. The van der Waals surface area contributed by atoms with Crippen LogP contribution in [0.25, 0.3) is 0 Å². The zero-order valence-corrected chi connectivity index (χ0v) is 10.6. The van der Waals surface area contributed by atoms with E-state index in [4.69, 9.17) is 17.3 Å². The maximum Gasteiger partial charge on any atom is 0.109 e. The summed E-state index contributed by atoms with van der Waals surface area (Å²) in [5.74, 6) is 0.876. The van der Waals surface area contributed by atoms with Gasteiger partial charge in [0, 0.05) is 11.9 Å². The van der Waals surface area contributed by atoms with Crippen LogP contribution in [0.4, 0.5) is 0 Å². The second-order valence-electron chi connectivity index (χ2n) is 4.92. The van der Waals surface area contributed by atoms with Gasteiger partial charge in [0.2, 0.25) is 0 Å². The van der Waals surface area contributed by atoms with Gasteiger partial charge in [0.25, 0.3) is 0 Å². The lowest BCUT2D eigenvalue weighted by Gasteiger charge is -2.29. The molecule has 0 N–H and O–H groups in total. The lowest BCUT2D eigenvalue weighted by atomic mass is 9.76. The maximum atomic E-state index is 6.01. The van der Waals surface area contributed by atoms with Crippen LogP contribution in [0, 0.1) is 11.8 Å². The zero-order valence-electron chi connectivity index (χ0n) is 10.6. The number of hydrogen-bond donors (Lipinski definition) is 0. The molecule has 0 bridgehead atoms. The van der Waals surface area contributed by atoms with Crippen LogP contribution in [0.15, 0.2) is 0 Å². The highest BCUT2D eigenvalue weighted by atomic mass is 16.6. The summed E-state index contributed by atoms with van der Waals surface area (Å²) in [7, 11) is 6.01. The normalized spacial score (nSPS) is 38.5. The van der Waals surface area contributed by atoms with Crippen LogP contribution in [-0.4, -0.2) is 32.2 Å². The van der Waals surface area contributed by atoms with Gasteiger partial charge < -0.3 is 9.47 Å². The summed E-state index contributed by atoms with van der Waals surface area (Å²) in [6, 6.07) is -0.168. The Morgan fingerprint density at radius 3 is 2.40 bits per heavy atom.